The van der Waals surface area contributed by atoms with Crippen molar-refractivity contribution >= 4 is 19.9 Å². The number of carbonyl (C=O) groups excluding carboxylic acids is 2. The monoisotopic (exact) mass is 280 g/mol. The Labute approximate surface area is 114 Å². The lowest BCUT2D eigenvalue weighted by molar-refractivity contribution is -0.151. The van der Waals surface area contributed by atoms with E-state index in [1.807, 2.05) is 19.9 Å². The lowest BCUT2D eigenvalue weighted by atomic mass is 9.87. The summed E-state index contributed by atoms with van der Waals surface area (Å²) < 4.78 is 10.7. The summed E-state index contributed by atoms with van der Waals surface area (Å²) in [7, 11) is -1.81. The largest absolute Gasteiger partial charge is 0.409 e. The third kappa shape index (κ3) is 3.02. The van der Waals surface area contributed by atoms with Crippen LogP contribution in [0.1, 0.15) is 37.0 Å². The van der Waals surface area contributed by atoms with Crippen LogP contribution < -0.4 is 0 Å². The number of hydrogen-bond acceptors (Lipinski definition) is 4. The second-order valence-corrected chi connectivity index (χ2v) is 6.25. The van der Waals surface area contributed by atoms with E-state index in [9.17, 15) is 9.59 Å². The maximum atomic E-state index is 12.1. The average Bonchev–Trinajstić information content (AvgIpc) is 2.43. The van der Waals surface area contributed by atoms with E-state index in [-0.39, 0.29) is 18.1 Å². The van der Waals surface area contributed by atoms with Gasteiger partial charge in [0.25, 0.3) is 5.52 Å². The molecule has 0 N–H and O–H groups in total. The van der Waals surface area contributed by atoms with Crippen LogP contribution in [0, 0.1) is 5.41 Å². The molecule has 1 heterocycles. The Morgan fingerprint density at radius 3 is 2.63 bits per heavy atom. The average molecular weight is 280 g/mol. The minimum absolute atomic E-state index is 0.248. The van der Waals surface area contributed by atoms with E-state index >= 15 is 0 Å². The molecule has 0 aromatic heterocycles. The van der Waals surface area contributed by atoms with Crippen LogP contribution in [0.2, 0.25) is 0 Å². The molecule has 2 atom stereocenters. The van der Waals surface area contributed by atoms with Crippen LogP contribution in [-0.4, -0.2) is 18.1 Å². The molecule has 1 fully saturated rings. The van der Waals surface area contributed by atoms with E-state index < -0.39 is 13.8 Å². The number of carbonyl (C=O) groups is 2. The number of hydrogen-bond donors (Lipinski definition) is 0. The fraction of sp³-hybridized carbons (Fsp3) is 0.429. The molecule has 19 heavy (non-hydrogen) atoms. The molecule has 2 rings (SSSR count). The maximum Gasteiger partial charge on any atom is 0.319 e. The molecule has 4 nitrogen and oxygen atoms in total. The predicted molar refractivity (Wildman–Crippen MR) is 72.8 cm³/mol. The maximum absolute atomic E-state index is 12.1. The Balaban J connectivity index is 2.07. The summed E-state index contributed by atoms with van der Waals surface area (Å²) in [5.41, 5.74) is -0.354. The van der Waals surface area contributed by atoms with Crippen LogP contribution in [0.15, 0.2) is 30.3 Å². The molecule has 1 aliphatic rings. The van der Waals surface area contributed by atoms with E-state index in [0.29, 0.717) is 12.0 Å². The third-order valence-corrected chi connectivity index (χ3v) is 4.43. The van der Waals surface area contributed by atoms with Crippen LogP contribution >= 0.6 is 8.38 Å². The minimum Gasteiger partial charge on any atom is -0.409 e. The van der Waals surface area contributed by atoms with Crippen LogP contribution in [0.5, 0.6) is 0 Å². The van der Waals surface area contributed by atoms with Gasteiger partial charge >= 0.3 is 14.3 Å². The Morgan fingerprint density at radius 2 is 2.05 bits per heavy atom. The molecule has 1 aromatic carbocycles. The molecule has 2 unspecified atom stereocenters. The summed E-state index contributed by atoms with van der Waals surface area (Å²) in [4.78, 5) is 24.2. The zero-order valence-electron chi connectivity index (χ0n) is 11.1. The summed E-state index contributed by atoms with van der Waals surface area (Å²) in [6.45, 7) is 4.08. The van der Waals surface area contributed by atoms with Crippen LogP contribution in [0.3, 0.4) is 0 Å². The lowest BCUT2D eigenvalue weighted by Gasteiger charge is -2.33. The molecule has 102 valence electrons. The summed E-state index contributed by atoms with van der Waals surface area (Å²) in [6, 6.07) is 8.77. The lowest BCUT2D eigenvalue weighted by Crippen LogP contribution is -2.37. The highest BCUT2D eigenvalue weighted by Gasteiger charge is 2.44. The molecule has 0 bridgehead atoms. The molecule has 0 radical (unpaired) electrons. The van der Waals surface area contributed by atoms with Crippen molar-refractivity contribution in [3.05, 3.63) is 35.9 Å². The second-order valence-electron chi connectivity index (χ2n) is 4.89. The third-order valence-electron chi connectivity index (χ3n) is 3.15. The Morgan fingerprint density at radius 1 is 1.37 bits per heavy atom. The first-order valence-corrected chi connectivity index (χ1v) is 7.49. The quantitative estimate of drug-likeness (QED) is 0.792. The van der Waals surface area contributed by atoms with Gasteiger partial charge in [0.15, 0.2) is 0 Å². The highest BCUT2D eigenvalue weighted by molar-refractivity contribution is 7.67. The van der Waals surface area contributed by atoms with Crippen molar-refractivity contribution in [3.63, 3.8) is 0 Å². The molecule has 0 spiro atoms. The van der Waals surface area contributed by atoms with Crippen LogP contribution in [-0.2, 0) is 13.8 Å². The molecule has 0 aliphatic carbocycles. The van der Waals surface area contributed by atoms with E-state index in [1.54, 1.807) is 24.3 Å². The van der Waals surface area contributed by atoms with E-state index in [0.717, 1.165) is 6.42 Å². The van der Waals surface area contributed by atoms with Gasteiger partial charge in [-0.3, -0.25) is 9.59 Å². The smallest absolute Gasteiger partial charge is 0.319 e. The van der Waals surface area contributed by atoms with E-state index in [4.69, 9.17) is 9.05 Å². The van der Waals surface area contributed by atoms with Gasteiger partial charge in [0.1, 0.15) is 0 Å². The normalized spacial score (nSPS) is 26.8. The Kier molecular flexibility index (Phi) is 4.33. The molecular weight excluding hydrogens is 263 g/mol. The fourth-order valence-corrected chi connectivity index (χ4v) is 3.37. The standard InChI is InChI=1S/C14H17O4P/c1-3-9-14(2)10-17-19(18-13(14)16)12(15)11-7-5-4-6-8-11/h4-8H,3,9-10H2,1-2H3. The molecule has 1 aromatic rings. The van der Waals surface area contributed by atoms with Crippen LogP contribution in [0.25, 0.3) is 0 Å². The van der Waals surface area contributed by atoms with Crippen molar-refractivity contribution in [1.82, 2.24) is 0 Å². The molecular formula is C14H17O4P. The predicted octanol–water partition coefficient (Wildman–Crippen LogP) is 3.52. The van der Waals surface area contributed by atoms with Gasteiger partial charge in [-0.2, -0.15) is 0 Å². The van der Waals surface area contributed by atoms with Gasteiger partial charge in [0.2, 0.25) is 0 Å². The molecule has 0 amide bonds. The van der Waals surface area contributed by atoms with Crippen molar-refractivity contribution < 1.29 is 18.6 Å². The van der Waals surface area contributed by atoms with Crippen molar-refractivity contribution in [2.24, 2.45) is 5.41 Å². The van der Waals surface area contributed by atoms with Crippen LogP contribution in [0.4, 0.5) is 0 Å². The summed E-state index contributed by atoms with van der Waals surface area (Å²) in [5.74, 6) is -0.323. The van der Waals surface area contributed by atoms with Gasteiger partial charge in [-0.1, -0.05) is 43.7 Å². The van der Waals surface area contributed by atoms with Crippen molar-refractivity contribution in [2.45, 2.75) is 26.7 Å². The molecule has 0 saturated carbocycles. The van der Waals surface area contributed by atoms with Gasteiger partial charge < -0.3 is 9.05 Å². The summed E-state index contributed by atoms with van der Waals surface area (Å²) >= 11 is 0. The highest BCUT2D eigenvalue weighted by Crippen LogP contribution is 2.50. The summed E-state index contributed by atoms with van der Waals surface area (Å²) in [6.07, 6.45) is 1.58. The number of rotatable bonds is 4. The zero-order valence-corrected chi connectivity index (χ0v) is 12.0. The molecule has 5 heteroatoms. The van der Waals surface area contributed by atoms with Gasteiger partial charge in [-0.05, 0) is 13.3 Å². The first-order chi connectivity index (χ1) is 9.07. The Bertz CT molecular complexity index is 474. The Hall–Kier alpha value is -1.25. The van der Waals surface area contributed by atoms with Crippen molar-refractivity contribution in [3.8, 4) is 0 Å². The second kappa shape index (κ2) is 5.81. The van der Waals surface area contributed by atoms with Gasteiger partial charge in [0.05, 0.1) is 12.0 Å². The van der Waals surface area contributed by atoms with Crippen molar-refractivity contribution in [2.75, 3.05) is 6.61 Å². The summed E-state index contributed by atoms with van der Waals surface area (Å²) in [5, 5.41) is 0. The van der Waals surface area contributed by atoms with E-state index in [2.05, 4.69) is 0 Å². The molecule has 1 saturated heterocycles. The van der Waals surface area contributed by atoms with Gasteiger partial charge in [0, 0.05) is 5.56 Å². The van der Waals surface area contributed by atoms with Gasteiger partial charge in [-0.25, -0.2) is 0 Å². The highest BCUT2D eigenvalue weighted by atomic mass is 31.2. The number of benzene rings is 1. The molecule has 1 aliphatic heterocycles. The zero-order chi connectivity index (χ0) is 13.9. The van der Waals surface area contributed by atoms with Crippen molar-refractivity contribution in [1.29, 1.82) is 0 Å². The fourth-order valence-electron chi connectivity index (χ4n) is 1.98. The first kappa shape index (κ1) is 14.2. The SMILES string of the molecule is CCCC1(C)COP(C(=O)c2ccccc2)OC1=O. The van der Waals surface area contributed by atoms with E-state index in [1.165, 1.54) is 0 Å². The van der Waals surface area contributed by atoms with Gasteiger partial charge in [-0.15, -0.1) is 0 Å². The minimum atomic E-state index is -1.81. The topological polar surface area (TPSA) is 52.6 Å². The first-order valence-electron chi connectivity index (χ1n) is 6.31.